The normalized spacial score (nSPS) is 12.9. The van der Waals surface area contributed by atoms with Crippen LogP contribution in [0.2, 0.25) is 57.4 Å². The number of benzene rings is 2. The molecule has 9 nitrogen and oxygen atoms in total. The summed E-state index contributed by atoms with van der Waals surface area (Å²) in [4.78, 5) is 23.2. The van der Waals surface area contributed by atoms with E-state index in [0.29, 0.717) is 19.5 Å². The Bertz CT molecular complexity index is 1170. The van der Waals surface area contributed by atoms with Gasteiger partial charge in [0.05, 0.1) is 6.42 Å². The Morgan fingerprint density at radius 3 is 1.58 bits per heavy atom. The smallest absolute Gasteiger partial charge is 0.315 e. The minimum Gasteiger partial charge on any atom is -0.420 e. The van der Waals surface area contributed by atoms with Gasteiger partial charge in [-0.15, -0.1) is 0 Å². The summed E-state index contributed by atoms with van der Waals surface area (Å²) >= 11 is 0. The van der Waals surface area contributed by atoms with Gasteiger partial charge in [-0.05, 0) is 107 Å². The summed E-state index contributed by atoms with van der Waals surface area (Å²) in [6.45, 7) is 17.2. The molecule has 3 rings (SSSR count). The van der Waals surface area contributed by atoms with E-state index in [4.69, 9.17) is 18.0 Å². The molecule has 0 saturated heterocycles. The van der Waals surface area contributed by atoms with Crippen LogP contribution in [0.15, 0.2) is 60.7 Å². The number of amides is 3. The van der Waals surface area contributed by atoms with Gasteiger partial charge in [-0.3, -0.25) is 4.79 Å². The Morgan fingerprint density at radius 2 is 1.10 bits per heavy atom. The van der Waals surface area contributed by atoms with Crippen LogP contribution in [0.5, 0.6) is 0 Å². The number of carbonyl (C=O) groups excluding carboxylic acids is 2. The molecule has 2 aromatic carbocycles. The zero-order valence-corrected chi connectivity index (χ0v) is 35.7. The lowest BCUT2D eigenvalue weighted by molar-refractivity contribution is -0.120. The number of rotatable bonds is 21. The molecular weight excluding hydrogens is 679 g/mol. The molecule has 0 radical (unpaired) electrons. The van der Waals surface area contributed by atoms with Gasteiger partial charge in [-0.2, -0.15) is 0 Å². The van der Waals surface area contributed by atoms with Crippen LogP contribution < -0.4 is 16.0 Å². The van der Waals surface area contributed by atoms with Gasteiger partial charge in [0.15, 0.2) is 25.0 Å². The van der Waals surface area contributed by atoms with Crippen molar-refractivity contribution in [3.8, 4) is 0 Å². The molecule has 0 unspecified atom stereocenters. The second-order valence-corrected chi connectivity index (χ2v) is 28.1. The number of carbonyl (C=O) groups is 2. The Hall–Kier alpha value is -2.33. The Kier molecular flexibility index (Phi) is 23.4. The van der Waals surface area contributed by atoms with Crippen LogP contribution in [0.4, 0.5) is 4.79 Å². The molecule has 0 aliphatic heterocycles. The van der Waals surface area contributed by atoms with E-state index >= 15 is 0 Å². The lowest BCUT2D eigenvalue weighted by atomic mass is 10.1. The van der Waals surface area contributed by atoms with Crippen molar-refractivity contribution in [3.05, 3.63) is 71.8 Å². The molecule has 50 heavy (non-hydrogen) atoms. The summed E-state index contributed by atoms with van der Waals surface area (Å²) in [7, 11) is 1.09. The van der Waals surface area contributed by atoms with Gasteiger partial charge < -0.3 is 34.0 Å². The zero-order valence-electron chi connectivity index (χ0n) is 32.7. The average molecular weight is 748 g/mol. The summed E-state index contributed by atoms with van der Waals surface area (Å²) in [6, 6.07) is 22.9. The zero-order chi connectivity index (χ0) is 37.3. The topological polar surface area (TPSA) is 107 Å². The SMILES string of the molecule is CO[Si](C)(C)CCCNC(=O)Cc1ccccc1.CO[Si](C)(C)CCCNC(=O)NCc1ccccc1.CO[Si](C)(C)CCCOCC1CC1. The summed E-state index contributed by atoms with van der Waals surface area (Å²) in [5.74, 6) is 0.991. The van der Waals surface area contributed by atoms with E-state index in [1.54, 1.807) is 14.2 Å². The van der Waals surface area contributed by atoms with Gasteiger partial charge in [0.2, 0.25) is 5.91 Å². The molecule has 0 bridgehead atoms. The van der Waals surface area contributed by atoms with Gasteiger partial charge in [-0.25, -0.2) is 4.79 Å². The van der Waals surface area contributed by atoms with E-state index in [0.717, 1.165) is 61.7 Å². The highest BCUT2D eigenvalue weighted by Crippen LogP contribution is 2.28. The molecule has 1 aliphatic carbocycles. The van der Waals surface area contributed by atoms with E-state index in [1.165, 1.54) is 25.3 Å². The maximum Gasteiger partial charge on any atom is 0.315 e. The first-order chi connectivity index (χ1) is 23.7. The lowest BCUT2D eigenvalue weighted by Gasteiger charge is -2.19. The summed E-state index contributed by atoms with van der Waals surface area (Å²) < 4.78 is 22.0. The number of nitrogens with one attached hydrogen (secondary N) is 3. The molecule has 3 N–H and O–H groups in total. The molecule has 0 spiro atoms. The molecule has 0 atom stereocenters. The largest absolute Gasteiger partial charge is 0.420 e. The molecule has 1 aliphatic rings. The maximum absolute atomic E-state index is 11.7. The molecule has 0 aromatic heterocycles. The van der Waals surface area contributed by atoms with Crippen molar-refractivity contribution < 1.29 is 27.6 Å². The minimum atomic E-state index is -1.49. The first-order valence-corrected chi connectivity index (χ1v) is 27.6. The Balaban J connectivity index is 0.000000382. The Labute approximate surface area is 307 Å². The van der Waals surface area contributed by atoms with Crippen molar-refractivity contribution in [2.45, 2.75) is 102 Å². The average Bonchev–Trinajstić information content (AvgIpc) is 3.94. The first-order valence-electron chi connectivity index (χ1n) is 18.3. The van der Waals surface area contributed by atoms with Crippen molar-refractivity contribution >= 4 is 36.9 Å². The fraction of sp³-hybridized carbons (Fsp3) is 0.632. The van der Waals surface area contributed by atoms with Crippen LogP contribution in [0.1, 0.15) is 43.2 Å². The van der Waals surface area contributed by atoms with E-state index in [9.17, 15) is 9.59 Å². The first kappa shape index (κ1) is 45.7. The van der Waals surface area contributed by atoms with Crippen molar-refractivity contribution in [1.82, 2.24) is 16.0 Å². The molecule has 3 amide bonds. The standard InChI is InChI=1S/C14H24N2O2Si.C14H23NO2Si.C10H22O2Si/c1-18-19(2,3)11-7-10-15-14(17)16-12-13-8-5-4-6-9-13;1-17-18(2,3)11-7-10-15-14(16)12-13-8-5-4-6-9-13;1-11-13(2,3)8-4-7-12-9-10-5-6-10/h4-6,8-9H,7,10-12H2,1-3H3,(H2,15,16,17);4-6,8-9H,7,10-12H2,1-3H3,(H,15,16);10H,4-9H2,1-3H3. The van der Waals surface area contributed by atoms with Gasteiger partial charge >= 0.3 is 6.03 Å². The molecule has 0 heterocycles. The van der Waals surface area contributed by atoms with Crippen LogP contribution in [-0.2, 0) is 35.8 Å². The van der Waals surface area contributed by atoms with Crippen LogP contribution in [0, 0.1) is 5.92 Å². The van der Waals surface area contributed by atoms with E-state index in [1.807, 2.05) is 67.8 Å². The summed E-state index contributed by atoms with van der Waals surface area (Å²) in [6.07, 6.45) is 6.36. The predicted octanol–water partition coefficient (Wildman–Crippen LogP) is 7.97. The van der Waals surface area contributed by atoms with E-state index in [2.05, 4.69) is 55.2 Å². The van der Waals surface area contributed by atoms with E-state index < -0.39 is 25.0 Å². The summed E-state index contributed by atoms with van der Waals surface area (Å²) in [5, 5.41) is 8.66. The number of hydrogen-bond donors (Lipinski definition) is 3. The predicted molar refractivity (Wildman–Crippen MR) is 215 cm³/mol. The monoisotopic (exact) mass is 747 g/mol. The molecular formula is C38H69N3O6Si3. The molecule has 2 aromatic rings. The van der Waals surface area contributed by atoms with Gasteiger partial charge in [0.25, 0.3) is 0 Å². The van der Waals surface area contributed by atoms with Crippen molar-refractivity contribution in [2.75, 3.05) is 47.6 Å². The number of ether oxygens (including phenoxy) is 1. The highest BCUT2D eigenvalue weighted by atomic mass is 28.4. The Morgan fingerprint density at radius 1 is 0.640 bits per heavy atom. The molecule has 284 valence electrons. The maximum atomic E-state index is 11.7. The fourth-order valence-electron chi connectivity index (χ4n) is 4.58. The molecule has 1 saturated carbocycles. The van der Waals surface area contributed by atoms with Crippen LogP contribution in [-0.4, -0.2) is 84.5 Å². The second kappa shape index (κ2) is 25.6. The minimum absolute atomic E-state index is 0.0955. The van der Waals surface area contributed by atoms with E-state index in [-0.39, 0.29) is 11.9 Å². The highest BCUT2D eigenvalue weighted by Gasteiger charge is 2.23. The van der Waals surface area contributed by atoms with Crippen LogP contribution in [0.25, 0.3) is 0 Å². The van der Waals surface area contributed by atoms with Gasteiger partial charge in [0, 0.05) is 54.2 Å². The highest BCUT2D eigenvalue weighted by molar-refractivity contribution is 6.71. The lowest BCUT2D eigenvalue weighted by Crippen LogP contribution is -2.36. The molecule has 1 fully saturated rings. The third-order valence-corrected chi connectivity index (χ3v) is 16.8. The summed E-state index contributed by atoms with van der Waals surface area (Å²) in [5.41, 5.74) is 2.16. The number of hydrogen-bond acceptors (Lipinski definition) is 6. The second-order valence-electron chi connectivity index (χ2n) is 14.8. The quantitative estimate of drug-likeness (QED) is 0.0884. The van der Waals surface area contributed by atoms with Gasteiger partial charge in [-0.1, -0.05) is 60.7 Å². The van der Waals surface area contributed by atoms with Crippen molar-refractivity contribution in [1.29, 1.82) is 0 Å². The third kappa shape index (κ3) is 25.6. The fourth-order valence-corrected chi connectivity index (χ4v) is 8.25. The van der Waals surface area contributed by atoms with Crippen molar-refractivity contribution in [2.24, 2.45) is 5.92 Å². The van der Waals surface area contributed by atoms with Crippen LogP contribution >= 0.6 is 0 Å². The van der Waals surface area contributed by atoms with Crippen molar-refractivity contribution in [3.63, 3.8) is 0 Å². The molecule has 12 heteroatoms. The third-order valence-electron chi connectivity index (χ3n) is 8.80. The van der Waals surface area contributed by atoms with Gasteiger partial charge in [0.1, 0.15) is 0 Å². The number of urea groups is 1. The van der Waals surface area contributed by atoms with Crippen LogP contribution in [0.3, 0.4) is 0 Å².